The van der Waals surface area contributed by atoms with E-state index in [1.807, 2.05) is 37.3 Å². The third kappa shape index (κ3) is 3.92. The van der Waals surface area contributed by atoms with E-state index in [0.717, 1.165) is 11.1 Å². The number of anilines is 1. The quantitative estimate of drug-likeness (QED) is 0.719. The average Bonchev–Trinajstić information content (AvgIpc) is 2.75. The monoisotopic (exact) mass is 407 g/mol. The maximum absolute atomic E-state index is 13.2. The van der Waals surface area contributed by atoms with Crippen LogP contribution in [-0.2, 0) is 23.0 Å². The van der Waals surface area contributed by atoms with E-state index in [9.17, 15) is 13.2 Å². The number of sulfonamides is 1. The zero-order valence-electron chi connectivity index (χ0n) is 16.0. The number of nitrogens with one attached hydrogen (secondary N) is 1. The Balaban J connectivity index is 1.58. The smallest absolute Gasteiger partial charge is 0.256 e. The van der Waals surface area contributed by atoms with Crippen molar-refractivity contribution >= 4 is 21.7 Å². The third-order valence-electron chi connectivity index (χ3n) is 5.07. The number of aromatic nitrogens is 1. The van der Waals surface area contributed by atoms with Crippen LogP contribution >= 0.6 is 0 Å². The molecule has 1 aliphatic heterocycles. The lowest BCUT2D eigenvalue weighted by molar-refractivity contribution is 0.102. The minimum atomic E-state index is -3.70. The lowest BCUT2D eigenvalue weighted by Crippen LogP contribution is -2.36. The van der Waals surface area contributed by atoms with Crippen LogP contribution in [0.25, 0.3) is 0 Å². The average molecular weight is 407 g/mol. The fourth-order valence-corrected chi connectivity index (χ4v) is 4.88. The molecule has 0 unspecified atom stereocenters. The molecule has 7 heteroatoms. The highest BCUT2D eigenvalue weighted by atomic mass is 32.2. The zero-order valence-corrected chi connectivity index (χ0v) is 16.8. The van der Waals surface area contributed by atoms with Gasteiger partial charge in [0.1, 0.15) is 5.82 Å². The van der Waals surface area contributed by atoms with Crippen molar-refractivity contribution in [3.63, 3.8) is 0 Å². The minimum Gasteiger partial charge on any atom is -0.306 e. The molecule has 0 fully saturated rings. The third-order valence-corrected chi connectivity index (χ3v) is 6.91. The van der Waals surface area contributed by atoms with Crippen LogP contribution in [0.4, 0.5) is 5.82 Å². The molecule has 2 aromatic carbocycles. The summed E-state index contributed by atoms with van der Waals surface area (Å²) in [7, 11) is -3.70. The van der Waals surface area contributed by atoms with Crippen molar-refractivity contribution in [3.05, 3.63) is 89.1 Å². The van der Waals surface area contributed by atoms with Gasteiger partial charge in [-0.3, -0.25) is 4.79 Å². The first-order valence-corrected chi connectivity index (χ1v) is 10.8. The Morgan fingerprint density at radius 3 is 2.62 bits per heavy atom. The van der Waals surface area contributed by atoms with Crippen molar-refractivity contribution in [1.29, 1.82) is 0 Å². The standard InChI is InChI=1S/C22H21N3O3S/c1-16-6-5-12-23-21(16)24-22(26)18-9-4-10-20(14-18)29(27,28)25-13-11-17-7-2-3-8-19(17)15-25/h2-10,12,14H,11,13,15H2,1H3,(H,23,24,26). The molecule has 1 aliphatic rings. The number of carbonyl (C=O) groups excluding carboxylic acids is 1. The van der Waals surface area contributed by atoms with Gasteiger partial charge in [0, 0.05) is 24.8 Å². The van der Waals surface area contributed by atoms with E-state index in [4.69, 9.17) is 0 Å². The molecule has 0 aliphatic carbocycles. The molecule has 148 valence electrons. The van der Waals surface area contributed by atoms with Crippen LogP contribution in [-0.4, -0.2) is 30.2 Å². The molecule has 3 aromatic rings. The molecule has 0 bridgehead atoms. The molecular formula is C22H21N3O3S. The van der Waals surface area contributed by atoms with Crippen molar-refractivity contribution in [2.24, 2.45) is 0 Å². The van der Waals surface area contributed by atoms with Crippen molar-refractivity contribution in [3.8, 4) is 0 Å². The first-order valence-electron chi connectivity index (χ1n) is 9.35. The van der Waals surface area contributed by atoms with Gasteiger partial charge in [0.25, 0.3) is 5.91 Å². The van der Waals surface area contributed by atoms with E-state index in [2.05, 4.69) is 10.3 Å². The van der Waals surface area contributed by atoms with Gasteiger partial charge in [-0.1, -0.05) is 36.4 Å². The van der Waals surface area contributed by atoms with Gasteiger partial charge in [0.15, 0.2) is 0 Å². The van der Waals surface area contributed by atoms with E-state index in [1.165, 1.54) is 22.0 Å². The first kappa shape index (κ1) is 19.3. The molecule has 1 aromatic heterocycles. The summed E-state index contributed by atoms with van der Waals surface area (Å²) in [5, 5.41) is 2.74. The molecule has 0 radical (unpaired) electrons. The fourth-order valence-electron chi connectivity index (χ4n) is 3.42. The van der Waals surface area contributed by atoms with Crippen LogP contribution < -0.4 is 5.32 Å². The number of hydrogen-bond donors (Lipinski definition) is 1. The summed E-state index contributed by atoms with van der Waals surface area (Å²) in [5.74, 6) is 0.0613. The molecule has 1 amide bonds. The van der Waals surface area contributed by atoms with Crippen molar-refractivity contribution < 1.29 is 13.2 Å². The van der Waals surface area contributed by atoms with Gasteiger partial charge in [-0.25, -0.2) is 13.4 Å². The van der Waals surface area contributed by atoms with Crippen molar-refractivity contribution in [1.82, 2.24) is 9.29 Å². The van der Waals surface area contributed by atoms with Crippen LogP contribution in [0.2, 0.25) is 0 Å². The maximum atomic E-state index is 13.2. The number of amides is 1. The largest absolute Gasteiger partial charge is 0.306 e. The lowest BCUT2D eigenvalue weighted by atomic mass is 10.0. The molecule has 1 N–H and O–H groups in total. The van der Waals surface area contributed by atoms with Crippen LogP contribution in [0.3, 0.4) is 0 Å². The first-order chi connectivity index (χ1) is 13.9. The Labute approximate surface area is 170 Å². The van der Waals surface area contributed by atoms with Crippen molar-refractivity contribution in [2.75, 3.05) is 11.9 Å². The van der Waals surface area contributed by atoms with Gasteiger partial charge >= 0.3 is 0 Å². The van der Waals surface area contributed by atoms with E-state index in [1.54, 1.807) is 24.4 Å². The number of pyridine rings is 1. The Morgan fingerprint density at radius 2 is 1.83 bits per heavy atom. The van der Waals surface area contributed by atoms with Crippen molar-refractivity contribution in [2.45, 2.75) is 24.8 Å². The SMILES string of the molecule is Cc1cccnc1NC(=O)c1cccc(S(=O)(=O)N2CCc3ccccc3C2)c1. The molecule has 0 spiro atoms. The topological polar surface area (TPSA) is 79.4 Å². The van der Waals surface area contributed by atoms with E-state index < -0.39 is 15.9 Å². The molecular weight excluding hydrogens is 386 g/mol. The second-order valence-electron chi connectivity index (χ2n) is 7.01. The zero-order chi connectivity index (χ0) is 20.4. The van der Waals surface area contributed by atoms with Gasteiger partial charge in [0.05, 0.1) is 4.90 Å². The molecule has 4 rings (SSSR count). The van der Waals surface area contributed by atoms with Gasteiger partial charge < -0.3 is 5.32 Å². The molecule has 0 atom stereocenters. The number of hydrogen-bond acceptors (Lipinski definition) is 4. The number of rotatable bonds is 4. The minimum absolute atomic E-state index is 0.113. The number of aryl methyl sites for hydroxylation is 1. The number of carbonyl (C=O) groups is 1. The number of benzene rings is 2. The summed E-state index contributed by atoms with van der Waals surface area (Å²) in [6.07, 6.45) is 2.27. The fraction of sp³-hybridized carbons (Fsp3) is 0.182. The highest BCUT2D eigenvalue weighted by molar-refractivity contribution is 7.89. The molecule has 0 saturated heterocycles. The molecule has 6 nitrogen and oxygen atoms in total. The highest BCUT2D eigenvalue weighted by Gasteiger charge is 2.28. The van der Waals surface area contributed by atoms with Crippen LogP contribution in [0.15, 0.2) is 71.8 Å². The van der Waals surface area contributed by atoms with E-state index >= 15 is 0 Å². The molecule has 29 heavy (non-hydrogen) atoms. The summed E-state index contributed by atoms with van der Waals surface area (Å²) in [5.41, 5.74) is 3.30. The summed E-state index contributed by atoms with van der Waals surface area (Å²) in [6.45, 7) is 2.60. The Kier molecular flexibility index (Phi) is 5.17. The summed E-state index contributed by atoms with van der Waals surface area (Å²) in [4.78, 5) is 16.9. The van der Waals surface area contributed by atoms with E-state index in [0.29, 0.717) is 25.3 Å². The Hall–Kier alpha value is -3.03. The second kappa shape index (κ2) is 7.77. The maximum Gasteiger partial charge on any atom is 0.256 e. The highest BCUT2D eigenvalue weighted by Crippen LogP contribution is 2.25. The lowest BCUT2D eigenvalue weighted by Gasteiger charge is -2.28. The van der Waals surface area contributed by atoms with Gasteiger partial charge in [0.2, 0.25) is 10.0 Å². The molecule has 0 saturated carbocycles. The summed E-state index contributed by atoms with van der Waals surface area (Å²) >= 11 is 0. The van der Waals surface area contributed by atoms with Crippen LogP contribution in [0.5, 0.6) is 0 Å². The Bertz CT molecular complexity index is 1180. The van der Waals surface area contributed by atoms with Crippen LogP contribution in [0, 0.1) is 6.92 Å². The second-order valence-corrected chi connectivity index (χ2v) is 8.95. The predicted octanol–water partition coefficient (Wildman–Crippen LogP) is 3.39. The predicted molar refractivity (Wildman–Crippen MR) is 111 cm³/mol. The van der Waals surface area contributed by atoms with Crippen LogP contribution in [0.1, 0.15) is 27.0 Å². The number of fused-ring (bicyclic) bond motifs is 1. The van der Waals surface area contributed by atoms with Gasteiger partial charge in [-0.05, 0) is 54.3 Å². The molecule has 2 heterocycles. The Morgan fingerprint density at radius 1 is 1.03 bits per heavy atom. The van der Waals surface area contributed by atoms with Gasteiger partial charge in [-0.2, -0.15) is 4.31 Å². The normalized spacial score (nSPS) is 14.2. The van der Waals surface area contributed by atoms with E-state index in [-0.39, 0.29) is 10.5 Å². The summed E-state index contributed by atoms with van der Waals surface area (Å²) in [6, 6.07) is 17.6. The number of nitrogens with zero attached hydrogens (tertiary/aromatic N) is 2. The van der Waals surface area contributed by atoms with Gasteiger partial charge in [-0.15, -0.1) is 0 Å². The summed E-state index contributed by atoms with van der Waals surface area (Å²) < 4.78 is 27.8.